The monoisotopic (exact) mass is 439 g/mol. The molecule has 31 heavy (non-hydrogen) atoms. The third kappa shape index (κ3) is 4.00. The summed E-state index contributed by atoms with van der Waals surface area (Å²) >= 11 is 1.96. The number of carbonyl (C=O) groups excluding carboxylic acids is 2. The van der Waals surface area contributed by atoms with Crippen LogP contribution in [0.2, 0.25) is 0 Å². The number of rotatable bonds is 4. The molecule has 2 aromatic rings. The average Bonchev–Trinajstić information content (AvgIpc) is 3.09. The first-order valence-electron chi connectivity index (χ1n) is 11.8. The molecule has 0 spiro atoms. The summed E-state index contributed by atoms with van der Waals surface area (Å²) in [5, 5.41) is 4.29. The largest absolute Gasteiger partial charge is 0.340 e. The lowest BCUT2D eigenvalue weighted by Crippen LogP contribution is -2.72. The number of nitrogens with one attached hydrogen (secondary N) is 1. The van der Waals surface area contributed by atoms with E-state index in [-0.39, 0.29) is 17.9 Å². The quantitative estimate of drug-likeness (QED) is 0.785. The van der Waals surface area contributed by atoms with Crippen LogP contribution in [0.4, 0.5) is 0 Å². The van der Waals surface area contributed by atoms with Crippen molar-refractivity contribution in [3.8, 4) is 0 Å². The lowest BCUT2D eigenvalue weighted by molar-refractivity contribution is -0.157. The van der Waals surface area contributed by atoms with Crippen LogP contribution >= 0.6 is 11.3 Å². The molecule has 2 amide bonds. The number of nitrogens with zero attached hydrogens (tertiary/aromatic N) is 2. The number of hydrogen-bond donors (Lipinski definition) is 1. The van der Waals surface area contributed by atoms with E-state index in [1.165, 1.54) is 59.1 Å². The number of carbonyl (C=O) groups is 2. The fraction of sp³-hybridized carbons (Fsp3) is 0.600. The molecule has 6 heteroatoms. The van der Waals surface area contributed by atoms with Crippen molar-refractivity contribution in [3.05, 3.63) is 34.7 Å². The average molecular weight is 440 g/mol. The van der Waals surface area contributed by atoms with Crippen molar-refractivity contribution in [2.24, 2.45) is 5.92 Å². The third-order valence-electron chi connectivity index (χ3n) is 7.36. The second kappa shape index (κ2) is 8.21. The zero-order chi connectivity index (χ0) is 21.6. The van der Waals surface area contributed by atoms with Gasteiger partial charge in [-0.2, -0.15) is 0 Å². The number of amides is 2. The van der Waals surface area contributed by atoms with Crippen LogP contribution in [0.1, 0.15) is 56.4 Å². The fourth-order valence-electron chi connectivity index (χ4n) is 5.62. The molecule has 1 unspecified atom stereocenters. The molecule has 1 N–H and O–H groups in total. The molecule has 1 atom stereocenters. The molecule has 5 nitrogen and oxygen atoms in total. The molecule has 0 bridgehead atoms. The Hall–Kier alpha value is -1.92. The highest BCUT2D eigenvalue weighted by molar-refractivity contribution is 7.19. The second-order valence-electron chi connectivity index (χ2n) is 10.1. The van der Waals surface area contributed by atoms with Gasteiger partial charge in [0, 0.05) is 35.8 Å². The topological polar surface area (TPSA) is 52.7 Å². The number of piperazine rings is 2. The van der Waals surface area contributed by atoms with E-state index in [0.29, 0.717) is 13.1 Å². The van der Waals surface area contributed by atoms with Crippen LogP contribution in [0.3, 0.4) is 0 Å². The maximum atomic E-state index is 12.8. The number of thiophene rings is 1. The minimum atomic E-state index is -0.799. The Morgan fingerprint density at radius 3 is 2.68 bits per heavy atom. The highest BCUT2D eigenvalue weighted by atomic mass is 32.1. The lowest BCUT2D eigenvalue weighted by atomic mass is 9.86. The van der Waals surface area contributed by atoms with Crippen molar-refractivity contribution in [2.75, 3.05) is 19.6 Å². The van der Waals surface area contributed by atoms with Crippen molar-refractivity contribution < 1.29 is 9.59 Å². The molecule has 3 heterocycles. The van der Waals surface area contributed by atoms with Crippen LogP contribution in [0.5, 0.6) is 0 Å². The normalized spacial score (nSPS) is 25.0. The Kier molecular flexibility index (Phi) is 5.55. The predicted octanol–water partition coefficient (Wildman–Crippen LogP) is 3.95. The van der Waals surface area contributed by atoms with Crippen LogP contribution < -0.4 is 5.32 Å². The van der Waals surface area contributed by atoms with Gasteiger partial charge in [0.2, 0.25) is 11.8 Å². The Morgan fingerprint density at radius 2 is 1.87 bits per heavy atom. The van der Waals surface area contributed by atoms with Gasteiger partial charge in [0.1, 0.15) is 11.6 Å². The van der Waals surface area contributed by atoms with E-state index in [9.17, 15) is 9.59 Å². The Labute approximate surface area is 188 Å². The van der Waals surface area contributed by atoms with Crippen LogP contribution in [0.25, 0.3) is 10.1 Å². The molecule has 1 saturated carbocycles. The van der Waals surface area contributed by atoms with E-state index in [2.05, 4.69) is 34.5 Å². The first-order valence-corrected chi connectivity index (χ1v) is 12.6. The van der Waals surface area contributed by atoms with E-state index in [1.807, 2.05) is 11.3 Å². The van der Waals surface area contributed by atoms with Crippen molar-refractivity contribution in [1.82, 2.24) is 15.1 Å². The molecule has 1 aliphatic carbocycles. The summed E-state index contributed by atoms with van der Waals surface area (Å²) in [6.07, 6.45) is 8.02. The van der Waals surface area contributed by atoms with Gasteiger partial charge in [0.25, 0.3) is 0 Å². The molecule has 166 valence electrons. The molecule has 0 radical (unpaired) electrons. The maximum absolute atomic E-state index is 12.8. The first-order chi connectivity index (χ1) is 14.9. The molecule has 1 aromatic carbocycles. The SMILES string of the molecule is CC1(C)NC(=O)C2CN(Cc3c(CC4CCCCC4)sc4ccccc34)CCN2C1=O. The number of benzene rings is 1. The van der Waals surface area contributed by atoms with Gasteiger partial charge < -0.3 is 10.2 Å². The van der Waals surface area contributed by atoms with E-state index in [1.54, 1.807) is 18.7 Å². The van der Waals surface area contributed by atoms with Gasteiger partial charge in [0.05, 0.1) is 0 Å². The van der Waals surface area contributed by atoms with Gasteiger partial charge in [0.15, 0.2) is 0 Å². The minimum Gasteiger partial charge on any atom is -0.340 e. The second-order valence-corrected chi connectivity index (χ2v) is 11.2. The van der Waals surface area contributed by atoms with Crippen molar-refractivity contribution in [3.63, 3.8) is 0 Å². The zero-order valence-corrected chi connectivity index (χ0v) is 19.5. The molecule has 1 aromatic heterocycles. The summed E-state index contributed by atoms with van der Waals surface area (Å²) in [6.45, 7) is 6.51. The zero-order valence-electron chi connectivity index (χ0n) is 18.7. The van der Waals surface area contributed by atoms with Crippen LogP contribution in [-0.4, -0.2) is 52.8 Å². The van der Waals surface area contributed by atoms with Gasteiger partial charge >= 0.3 is 0 Å². The van der Waals surface area contributed by atoms with Gasteiger partial charge in [-0.05, 0) is 43.2 Å². The fourth-order valence-corrected chi connectivity index (χ4v) is 6.95. The molecular weight excluding hydrogens is 406 g/mol. The minimum absolute atomic E-state index is 0.0214. The summed E-state index contributed by atoms with van der Waals surface area (Å²) in [6, 6.07) is 8.38. The Bertz CT molecular complexity index is 992. The van der Waals surface area contributed by atoms with E-state index >= 15 is 0 Å². The Morgan fingerprint density at radius 1 is 1.10 bits per heavy atom. The lowest BCUT2D eigenvalue weighted by Gasteiger charge is -2.47. The maximum Gasteiger partial charge on any atom is 0.248 e. The smallest absolute Gasteiger partial charge is 0.248 e. The first kappa shape index (κ1) is 21.0. The number of fused-ring (bicyclic) bond motifs is 2. The molecular formula is C25H33N3O2S. The predicted molar refractivity (Wildman–Crippen MR) is 125 cm³/mol. The number of hydrogen-bond acceptors (Lipinski definition) is 4. The van der Waals surface area contributed by atoms with E-state index in [4.69, 9.17) is 0 Å². The summed E-state index contributed by atoms with van der Waals surface area (Å²) < 4.78 is 1.37. The van der Waals surface area contributed by atoms with Crippen LogP contribution in [0, 0.1) is 5.92 Å². The van der Waals surface area contributed by atoms with Crippen LogP contribution in [-0.2, 0) is 22.6 Å². The van der Waals surface area contributed by atoms with Crippen molar-refractivity contribution in [2.45, 2.75) is 70.5 Å². The molecule has 2 saturated heterocycles. The van der Waals surface area contributed by atoms with E-state index in [0.717, 1.165) is 19.0 Å². The van der Waals surface area contributed by atoms with Gasteiger partial charge in [-0.25, -0.2) is 0 Å². The molecule has 3 aliphatic rings. The summed E-state index contributed by atoms with van der Waals surface area (Å²) in [5.74, 6) is 0.823. The third-order valence-corrected chi connectivity index (χ3v) is 8.60. The standard InChI is InChI=1S/C25H33N3O2S/c1-25(2)24(30)28-13-12-27(16-20(28)23(29)26-25)15-19-18-10-6-7-11-21(18)31-22(19)14-17-8-4-3-5-9-17/h6-7,10-11,17,20H,3-5,8-9,12-16H2,1-2H3,(H,26,29). The molecule has 3 fully saturated rings. The van der Waals surface area contributed by atoms with Gasteiger partial charge in [-0.3, -0.25) is 14.5 Å². The highest BCUT2D eigenvalue weighted by Gasteiger charge is 2.47. The summed E-state index contributed by atoms with van der Waals surface area (Å²) in [5.41, 5.74) is 0.648. The molecule has 2 aliphatic heterocycles. The summed E-state index contributed by atoms with van der Waals surface area (Å²) in [7, 11) is 0. The van der Waals surface area contributed by atoms with Crippen molar-refractivity contribution in [1.29, 1.82) is 0 Å². The van der Waals surface area contributed by atoms with Gasteiger partial charge in [-0.1, -0.05) is 50.3 Å². The molecule has 5 rings (SSSR count). The van der Waals surface area contributed by atoms with Gasteiger partial charge in [-0.15, -0.1) is 11.3 Å². The Balaban J connectivity index is 1.37. The summed E-state index contributed by atoms with van der Waals surface area (Å²) in [4.78, 5) is 31.2. The van der Waals surface area contributed by atoms with Crippen molar-refractivity contribution >= 4 is 33.2 Å². The van der Waals surface area contributed by atoms with Crippen LogP contribution in [0.15, 0.2) is 24.3 Å². The van der Waals surface area contributed by atoms with E-state index < -0.39 is 5.54 Å². The highest BCUT2D eigenvalue weighted by Crippen LogP contribution is 2.37.